The van der Waals surface area contributed by atoms with Crippen molar-refractivity contribution in [1.29, 1.82) is 0 Å². The van der Waals surface area contributed by atoms with Crippen molar-refractivity contribution in [2.45, 2.75) is 6.10 Å². The van der Waals surface area contributed by atoms with Gasteiger partial charge in [-0.3, -0.25) is 0 Å². The van der Waals surface area contributed by atoms with E-state index in [-0.39, 0.29) is 16.2 Å². The molecule has 1 aromatic rings. The summed E-state index contributed by atoms with van der Waals surface area (Å²) >= 11 is 5.99. The van der Waals surface area contributed by atoms with E-state index in [1.807, 2.05) is 0 Å². The number of methoxy groups -OCH3 is 2. The van der Waals surface area contributed by atoms with Gasteiger partial charge in [0.05, 0.1) is 19.8 Å². The molecule has 1 rings (SSSR count). The molecule has 0 aliphatic heterocycles. The maximum atomic E-state index is 11.8. The number of carbonyl (C=O) groups is 2. The Kier molecular flexibility index (Phi) is 6.55. The first-order valence-corrected chi connectivity index (χ1v) is 7.81. The number of hydrogen-bond donors (Lipinski definition) is 1. The summed E-state index contributed by atoms with van der Waals surface area (Å²) in [6.07, 6.45) is -2.75. The molecule has 0 radical (unpaired) electrons. The van der Waals surface area contributed by atoms with E-state index < -0.39 is 28.5 Å². The number of ether oxygens (including phenoxy) is 2. The Bertz CT molecular complexity index is 717. The van der Waals surface area contributed by atoms with Gasteiger partial charge in [0.15, 0.2) is 0 Å². The summed E-state index contributed by atoms with van der Waals surface area (Å²) in [7, 11) is -2.52. The van der Waals surface area contributed by atoms with E-state index in [0.29, 0.717) is 0 Å². The van der Waals surface area contributed by atoms with Crippen LogP contribution in [0.3, 0.4) is 0 Å². The first-order chi connectivity index (χ1) is 10.7. The van der Waals surface area contributed by atoms with Crippen molar-refractivity contribution in [3.05, 3.63) is 47.0 Å². The monoisotopic (exact) mass is 363 g/mol. The molecule has 10 heteroatoms. The summed E-state index contributed by atoms with van der Waals surface area (Å²) in [6.45, 7) is 3.46. The maximum Gasteiger partial charge on any atom is 0.422 e. The molecule has 0 aromatic heterocycles. The zero-order valence-corrected chi connectivity index (χ0v) is 13.8. The van der Waals surface area contributed by atoms with Crippen molar-refractivity contribution in [2.24, 2.45) is 0 Å². The fourth-order valence-electron chi connectivity index (χ4n) is 1.52. The van der Waals surface area contributed by atoms with Crippen LogP contribution in [0.1, 0.15) is 11.7 Å². The van der Waals surface area contributed by atoms with E-state index in [4.69, 9.17) is 15.8 Å². The fraction of sp³-hybridized carbons (Fsp3) is 0.231. The summed E-state index contributed by atoms with van der Waals surface area (Å²) in [6, 6.07) is 6.07. The molecule has 1 aromatic carbocycles. The number of esters is 1. The zero-order valence-electron chi connectivity index (χ0n) is 12.2. The predicted molar refractivity (Wildman–Crippen MR) is 80.9 cm³/mol. The Hall–Kier alpha value is -2.10. The molecule has 1 amide bonds. The van der Waals surface area contributed by atoms with Crippen LogP contribution in [0, 0.1) is 0 Å². The first-order valence-electron chi connectivity index (χ1n) is 6.02. The molecule has 0 spiro atoms. The second-order valence-electron chi connectivity index (χ2n) is 4.06. The first kappa shape index (κ1) is 18.9. The minimum atomic E-state index is -4.60. The Morgan fingerprint density at radius 3 is 2.35 bits per heavy atom. The summed E-state index contributed by atoms with van der Waals surface area (Å²) < 4.78 is 38.7. The highest BCUT2D eigenvalue weighted by Crippen LogP contribution is 2.32. The van der Waals surface area contributed by atoms with Gasteiger partial charge in [0.1, 0.15) is 6.10 Å². The van der Waals surface area contributed by atoms with Crippen molar-refractivity contribution in [2.75, 3.05) is 14.2 Å². The van der Waals surface area contributed by atoms with Gasteiger partial charge in [-0.2, -0.15) is 13.1 Å². The van der Waals surface area contributed by atoms with Crippen LogP contribution in [0.4, 0.5) is 4.79 Å². The predicted octanol–water partition coefficient (Wildman–Crippen LogP) is 1.73. The average molecular weight is 364 g/mol. The van der Waals surface area contributed by atoms with Gasteiger partial charge in [0, 0.05) is 10.6 Å². The van der Waals surface area contributed by atoms with Crippen LogP contribution in [0.2, 0.25) is 5.02 Å². The Morgan fingerprint density at radius 2 is 1.83 bits per heavy atom. The summed E-state index contributed by atoms with van der Waals surface area (Å²) in [4.78, 5) is 22.7. The van der Waals surface area contributed by atoms with Crippen molar-refractivity contribution in [3.8, 4) is 0 Å². The third-order valence-electron chi connectivity index (χ3n) is 2.57. The topological polar surface area (TPSA) is 108 Å². The lowest BCUT2D eigenvalue weighted by Gasteiger charge is -2.19. The van der Waals surface area contributed by atoms with E-state index in [0.717, 1.165) is 14.2 Å². The van der Waals surface area contributed by atoms with Gasteiger partial charge in [0.25, 0.3) is 0 Å². The van der Waals surface area contributed by atoms with Gasteiger partial charge < -0.3 is 9.47 Å². The lowest BCUT2D eigenvalue weighted by molar-refractivity contribution is -0.137. The lowest BCUT2D eigenvalue weighted by Crippen LogP contribution is -2.33. The van der Waals surface area contributed by atoms with Crippen LogP contribution >= 0.6 is 11.6 Å². The smallest absolute Gasteiger partial charge is 0.422 e. The van der Waals surface area contributed by atoms with Crippen LogP contribution in [-0.4, -0.2) is 34.7 Å². The molecule has 0 bridgehead atoms. The van der Waals surface area contributed by atoms with Crippen molar-refractivity contribution < 1.29 is 31.7 Å². The van der Waals surface area contributed by atoms with Gasteiger partial charge in [-0.1, -0.05) is 36.4 Å². The maximum absolute atomic E-state index is 11.8. The summed E-state index contributed by atoms with van der Waals surface area (Å²) in [5.41, 5.74) is -0.171. The molecule has 1 unspecified atom stereocenters. The summed E-state index contributed by atoms with van der Waals surface area (Å²) in [5.74, 6) is -0.900. The molecule has 0 heterocycles. The summed E-state index contributed by atoms with van der Waals surface area (Å²) in [5, 5.41) is 0.135. The minimum Gasteiger partial charge on any atom is -0.466 e. The third-order valence-corrected chi connectivity index (χ3v) is 3.78. The standard InChI is InChI=1S/C13H14ClNO7S/c1-8(12(16)20-2)11(9-6-4-5-7-10(9)14)22-23(18,19)15-13(17)21-3/h4-7,11H,1H2,2-3H3,(H,15,17). The number of amides is 1. The van der Waals surface area contributed by atoms with E-state index in [1.165, 1.54) is 16.9 Å². The van der Waals surface area contributed by atoms with E-state index in [2.05, 4.69) is 16.1 Å². The second-order valence-corrected chi connectivity index (χ2v) is 5.77. The number of benzene rings is 1. The quantitative estimate of drug-likeness (QED) is 0.605. The van der Waals surface area contributed by atoms with Crippen molar-refractivity contribution >= 4 is 34.0 Å². The van der Waals surface area contributed by atoms with Crippen LogP contribution in [-0.2, 0) is 28.8 Å². The Labute approximate surface area is 138 Å². The van der Waals surface area contributed by atoms with Crippen LogP contribution in [0.5, 0.6) is 0 Å². The van der Waals surface area contributed by atoms with Gasteiger partial charge in [0.2, 0.25) is 0 Å². The number of rotatable bonds is 6. The fourth-order valence-corrected chi connectivity index (χ4v) is 2.56. The van der Waals surface area contributed by atoms with Gasteiger partial charge in [-0.15, -0.1) is 0 Å². The molecular weight excluding hydrogens is 350 g/mol. The third kappa shape index (κ3) is 5.23. The highest BCUT2D eigenvalue weighted by Gasteiger charge is 2.30. The molecule has 0 aliphatic rings. The molecule has 23 heavy (non-hydrogen) atoms. The normalized spacial score (nSPS) is 12.1. The number of halogens is 1. The van der Waals surface area contributed by atoms with Crippen LogP contribution in [0.15, 0.2) is 36.4 Å². The molecule has 0 fully saturated rings. The van der Waals surface area contributed by atoms with Crippen LogP contribution < -0.4 is 4.72 Å². The number of carbonyl (C=O) groups excluding carboxylic acids is 2. The van der Waals surface area contributed by atoms with Crippen molar-refractivity contribution in [3.63, 3.8) is 0 Å². The molecule has 0 aliphatic carbocycles. The SMILES string of the molecule is C=C(C(=O)OC)C(OS(=O)(=O)NC(=O)OC)c1ccccc1Cl. The zero-order chi connectivity index (χ0) is 17.6. The molecule has 8 nitrogen and oxygen atoms in total. The van der Waals surface area contributed by atoms with Gasteiger partial charge >= 0.3 is 22.4 Å². The van der Waals surface area contributed by atoms with Gasteiger partial charge in [-0.25, -0.2) is 13.8 Å². The number of nitrogens with one attached hydrogen (secondary N) is 1. The molecule has 0 saturated heterocycles. The largest absolute Gasteiger partial charge is 0.466 e. The van der Waals surface area contributed by atoms with E-state index in [9.17, 15) is 18.0 Å². The second kappa shape index (κ2) is 7.95. The highest BCUT2D eigenvalue weighted by atomic mass is 35.5. The molecule has 0 saturated carbocycles. The Morgan fingerprint density at radius 1 is 1.22 bits per heavy atom. The average Bonchev–Trinajstić information content (AvgIpc) is 2.51. The van der Waals surface area contributed by atoms with E-state index >= 15 is 0 Å². The van der Waals surface area contributed by atoms with Crippen molar-refractivity contribution in [1.82, 2.24) is 4.72 Å². The molecular formula is C13H14ClNO7S. The lowest BCUT2D eigenvalue weighted by atomic mass is 10.0. The highest BCUT2D eigenvalue weighted by molar-refractivity contribution is 7.85. The Balaban J connectivity index is 3.21. The molecule has 126 valence electrons. The van der Waals surface area contributed by atoms with Crippen LogP contribution in [0.25, 0.3) is 0 Å². The van der Waals surface area contributed by atoms with E-state index in [1.54, 1.807) is 12.1 Å². The van der Waals surface area contributed by atoms with Gasteiger partial charge in [-0.05, 0) is 6.07 Å². The minimum absolute atomic E-state index is 0.135. The molecule has 1 atom stereocenters. The molecule has 1 N–H and O–H groups in total. The number of hydrogen-bond acceptors (Lipinski definition) is 7.